The van der Waals surface area contributed by atoms with Gasteiger partial charge < -0.3 is 15.4 Å². The molecule has 6 nitrogen and oxygen atoms in total. The molecule has 2 heterocycles. The van der Waals surface area contributed by atoms with Crippen molar-refractivity contribution in [3.8, 4) is 0 Å². The third kappa shape index (κ3) is 3.59. The highest BCUT2D eigenvalue weighted by atomic mass is 16.4. The number of carboxylic acid groups (broad SMARTS) is 1. The molecule has 0 unspecified atom stereocenters. The lowest BCUT2D eigenvalue weighted by Gasteiger charge is -2.22. The van der Waals surface area contributed by atoms with E-state index in [1.54, 1.807) is 30.7 Å². The molecule has 0 aliphatic heterocycles. The van der Waals surface area contributed by atoms with Crippen molar-refractivity contribution in [1.82, 2.24) is 14.5 Å². The zero-order valence-electron chi connectivity index (χ0n) is 12.9. The molecule has 1 aliphatic carbocycles. The van der Waals surface area contributed by atoms with Crippen molar-refractivity contribution >= 4 is 23.4 Å². The molecule has 6 heteroatoms. The Balaban J connectivity index is 1.88. The smallest absolute Gasteiger partial charge is 0.337 e. The quantitative estimate of drug-likeness (QED) is 0.846. The number of pyridine rings is 1. The van der Waals surface area contributed by atoms with Gasteiger partial charge in [-0.1, -0.05) is 19.3 Å². The summed E-state index contributed by atoms with van der Waals surface area (Å²) >= 11 is 0. The van der Waals surface area contributed by atoms with Crippen molar-refractivity contribution in [3.63, 3.8) is 0 Å². The summed E-state index contributed by atoms with van der Waals surface area (Å²) in [6.45, 7) is 0. The molecular formula is C17H20N4O2. The van der Waals surface area contributed by atoms with E-state index in [4.69, 9.17) is 5.73 Å². The van der Waals surface area contributed by atoms with Crippen LogP contribution in [-0.4, -0.2) is 25.6 Å². The molecule has 23 heavy (non-hydrogen) atoms. The zero-order chi connectivity index (χ0) is 16.2. The van der Waals surface area contributed by atoms with Crippen LogP contribution < -0.4 is 5.73 Å². The highest BCUT2D eigenvalue weighted by Crippen LogP contribution is 2.29. The number of hydrogen-bond acceptors (Lipinski definition) is 4. The molecule has 2 aromatic heterocycles. The van der Waals surface area contributed by atoms with Gasteiger partial charge in [0.15, 0.2) is 0 Å². The molecule has 0 radical (unpaired) electrons. The lowest BCUT2D eigenvalue weighted by atomic mass is 9.95. The van der Waals surface area contributed by atoms with Crippen molar-refractivity contribution < 1.29 is 9.90 Å². The fourth-order valence-electron chi connectivity index (χ4n) is 2.97. The number of rotatable bonds is 4. The number of aromatic nitrogens is 3. The van der Waals surface area contributed by atoms with Crippen LogP contribution in [0.3, 0.4) is 0 Å². The maximum Gasteiger partial charge on any atom is 0.337 e. The van der Waals surface area contributed by atoms with Gasteiger partial charge in [-0.2, -0.15) is 0 Å². The Morgan fingerprint density at radius 1 is 1.26 bits per heavy atom. The Morgan fingerprint density at radius 2 is 2.04 bits per heavy atom. The molecule has 0 bridgehead atoms. The van der Waals surface area contributed by atoms with Crippen molar-refractivity contribution in [1.29, 1.82) is 0 Å². The normalized spacial score (nSPS) is 16.4. The van der Waals surface area contributed by atoms with Crippen LogP contribution in [0.4, 0.5) is 5.82 Å². The van der Waals surface area contributed by atoms with Crippen LogP contribution in [0.1, 0.15) is 49.4 Å². The summed E-state index contributed by atoms with van der Waals surface area (Å²) in [6.07, 6.45) is 12.7. The summed E-state index contributed by atoms with van der Waals surface area (Å²) in [5.41, 5.74) is 6.87. The van der Waals surface area contributed by atoms with E-state index < -0.39 is 5.97 Å². The Hall–Kier alpha value is -2.63. The molecule has 1 saturated carbocycles. The minimum atomic E-state index is -1.00. The number of aliphatic carboxylic acids is 1. The Bertz CT molecular complexity index is 712. The maximum absolute atomic E-state index is 11.6. The van der Waals surface area contributed by atoms with E-state index in [1.165, 1.54) is 19.3 Å². The summed E-state index contributed by atoms with van der Waals surface area (Å²) in [7, 11) is 0. The molecule has 2 aromatic rings. The second-order valence-electron chi connectivity index (χ2n) is 5.88. The molecule has 0 saturated heterocycles. The lowest BCUT2D eigenvalue weighted by molar-refractivity contribution is -0.130. The molecule has 0 atom stereocenters. The van der Waals surface area contributed by atoms with Gasteiger partial charge in [-0.3, -0.25) is 0 Å². The summed E-state index contributed by atoms with van der Waals surface area (Å²) in [5.74, 6) is -0.601. The first-order valence-electron chi connectivity index (χ1n) is 7.84. The Labute approximate surface area is 134 Å². The molecule has 0 amide bonds. The molecule has 1 fully saturated rings. The predicted octanol–water partition coefficient (Wildman–Crippen LogP) is 2.99. The maximum atomic E-state index is 11.6. The van der Waals surface area contributed by atoms with Crippen LogP contribution in [0.5, 0.6) is 0 Å². The average Bonchev–Trinajstić information content (AvgIpc) is 3.04. The number of nitrogens with two attached hydrogens (primary N) is 1. The first-order chi connectivity index (χ1) is 11.1. The number of imidazole rings is 1. The van der Waals surface area contributed by atoms with E-state index in [1.807, 2.05) is 10.8 Å². The van der Waals surface area contributed by atoms with Crippen LogP contribution >= 0.6 is 0 Å². The van der Waals surface area contributed by atoms with Gasteiger partial charge in [-0.25, -0.2) is 14.8 Å². The van der Waals surface area contributed by atoms with E-state index in [0.717, 1.165) is 12.8 Å². The molecule has 0 aromatic carbocycles. The van der Waals surface area contributed by atoms with Gasteiger partial charge in [0, 0.05) is 18.4 Å². The van der Waals surface area contributed by atoms with Gasteiger partial charge in [0.2, 0.25) is 0 Å². The molecule has 120 valence electrons. The molecule has 3 N–H and O–H groups in total. The first-order valence-corrected chi connectivity index (χ1v) is 7.84. The summed E-state index contributed by atoms with van der Waals surface area (Å²) in [4.78, 5) is 19.9. The minimum absolute atomic E-state index is 0.158. The predicted molar refractivity (Wildman–Crippen MR) is 88.5 cm³/mol. The van der Waals surface area contributed by atoms with Crippen LogP contribution in [0.2, 0.25) is 0 Å². The third-order valence-corrected chi connectivity index (χ3v) is 4.22. The Morgan fingerprint density at radius 3 is 2.70 bits per heavy atom. The van der Waals surface area contributed by atoms with Crippen LogP contribution in [0, 0.1) is 0 Å². The SMILES string of the molecule is Nc1ccc(/C=C(\C(=O)O)c2cn(C3CCCCC3)cn2)cn1. The summed E-state index contributed by atoms with van der Waals surface area (Å²) < 4.78 is 2.05. The number of nitrogens with zero attached hydrogens (tertiary/aromatic N) is 3. The standard InChI is InChI=1S/C17H20N4O2/c18-16-7-6-12(9-19-16)8-14(17(22)23)15-10-21(11-20-15)13-4-2-1-3-5-13/h6-11,13H,1-5H2,(H2,18,19)(H,22,23)/b14-8-. The average molecular weight is 312 g/mol. The van der Waals surface area contributed by atoms with Gasteiger partial charge in [0.05, 0.1) is 17.6 Å². The van der Waals surface area contributed by atoms with E-state index in [9.17, 15) is 9.90 Å². The number of hydrogen-bond donors (Lipinski definition) is 2. The minimum Gasteiger partial charge on any atom is -0.478 e. The van der Waals surface area contributed by atoms with Gasteiger partial charge in [0.25, 0.3) is 0 Å². The van der Waals surface area contributed by atoms with Crippen LogP contribution in [0.25, 0.3) is 11.6 Å². The van der Waals surface area contributed by atoms with E-state index in [2.05, 4.69) is 9.97 Å². The summed E-state index contributed by atoms with van der Waals surface area (Å²) in [5, 5.41) is 9.50. The van der Waals surface area contributed by atoms with E-state index in [0.29, 0.717) is 23.1 Å². The van der Waals surface area contributed by atoms with Gasteiger partial charge in [0.1, 0.15) is 5.82 Å². The molecule has 3 rings (SSSR count). The number of nitrogen functional groups attached to an aromatic ring is 1. The van der Waals surface area contributed by atoms with Gasteiger partial charge in [-0.05, 0) is 36.6 Å². The van der Waals surface area contributed by atoms with Crippen molar-refractivity contribution in [2.24, 2.45) is 0 Å². The summed E-state index contributed by atoms with van der Waals surface area (Å²) in [6, 6.07) is 3.81. The van der Waals surface area contributed by atoms with E-state index in [-0.39, 0.29) is 5.57 Å². The first kappa shape index (κ1) is 15.3. The van der Waals surface area contributed by atoms with Crippen molar-refractivity contribution in [3.05, 3.63) is 42.1 Å². The molecule has 1 aliphatic rings. The van der Waals surface area contributed by atoms with Gasteiger partial charge in [-0.15, -0.1) is 0 Å². The largest absolute Gasteiger partial charge is 0.478 e. The van der Waals surface area contributed by atoms with Gasteiger partial charge >= 0.3 is 5.97 Å². The highest BCUT2D eigenvalue weighted by Gasteiger charge is 2.18. The van der Waals surface area contributed by atoms with Crippen molar-refractivity contribution in [2.75, 3.05) is 5.73 Å². The highest BCUT2D eigenvalue weighted by molar-refractivity contribution is 6.19. The molecular weight excluding hydrogens is 292 g/mol. The number of anilines is 1. The fourth-order valence-corrected chi connectivity index (χ4v) is 2.97. The number of carbonyl (C=O) groups is 1. The monoisotopic (exact) mass is 312 g/mol. The second kappa shape index (κ2) is 6.64. The zero-order valence-corrected chi connectivity index (χ0v) is 12.9. The number of carboxylic acids is 1. The van der Waals surface area contributed by atoms with E-state index >= 15 is 0 Å². The van der Waals surface area contributed by atoms with Crippen molar-refractivity contribution in [2.45, 2.75) is 38.1 Å². The lowest BCUT2D eigenvalue weighted by Crippen LogP contribution is -2.10. The Kier molecular flexibility index (Phi) is 4.41. The second-order valence-corrected chi connectivity index (χ2v) is 5.88. The van der Waals surface area contributed by atoms with Crippen LogP contribution in [0.15, 0.2) is 30.9 Å². The van der Waals surface area contributed by atoms with Crippen LogP contribution in [-0.2, 0) is 4.79 Å². The third-order valence-electron chi connectivity index (χ3n) is 4.22. The fraction of sp³-hybridized carbons (Fsp3) is 0.353. The topological polar surface area (TPSA) is 94.0 Å². The molecule has 0 spiro atoms.